The Labute approximate surface area is 115 Å². The Morgan fingerprint density at radius 1 is 1.22 bits per heavy atom. The van der Waals surface area contributed by atoms with Gasteiger partial charge in [-0.1, -0.05) is 0 Å². The number of nitro benzene ring substituents is 1. The molecule has 0 aromatic heterocycles. The molecule has 0 radical (unpaired) electrons. The minimum Gasteiger partial charge on any atom is -0.258 e. The van der Waals surface area contributed by atoms with Gasteiger partial charge < -0.3 is 0 Å². The number of nitro groups is 1. The molecule has 2 bridgehead atoms. The van der Waals surface area contributed by atoms with E-state index in [2.05, 4.69) is 0 Å². The van der Waals surface area contributed by atoms with Gasteiger partial charge in [-0.05, 0) is 43.2 Å². The maximum absolute atomic E-state index is 10.6. The summed E-state index contributed by atoms with van der Waals surface area (Å²) in [7, 11) is 0. The minimum absolute atomic E-state index is 0.148. The average molecular weight is 284 g/mol. The molecule has 0 aliphatic heterocycles. The van der Waals surface area contributed by atoms with Crippen molar-refractivity contribution < 1.29 is 4.92 Å². The molecule has 0 N–H and O–H groups in total. The molecule has 4 atom stereocenters. The van der Waals surface area contributed by atoms with E-state index in [0.717, 1.165) is 10.8 Å². The smallest absolute Gasteiger partial charge is 0.258 e. The number of nitrogens with zero attached hydrogens (tertiary/aromatic N) is 1. The summed E-state index contributed by atoms with van der Waals surface area (Å²) in [6.45, 7) is 0. The first-order valence-electron chi connectivity index (χ1n) is 6.20. The standard InChI is InChI=1S/C13H14ClNO2S/c14-12-8-1-2-9(7-8)13(12)18-11-5-3-10(4-6-11)15(16)17/h3-6,8-9,12-13H,1-2,7H2/t8-,9+,12+,13+/m0/s1. The van der Waals surface area contributed by atoms with Gasteiger partial charge in [0, 0.05) is 27.7 Å². The van der Waals surface area contributed by atoms with Crippen molar-refractivity contribution in [3.8, 4) is 0 Å². The molecule has 0 unspecified atom stereocenters. The van der Waals surface area contributed by atoms with Gasteiger partial charge in [0.25, 0.3) is 5.69 Å². The second-order valence-electron chi connectivity index (χ2n) is 5.11. The number of hydrogen-bond donors (Lipinski definition) is 0. The molecule has 3 rings (SSSR count). The number of hydrogen-bond acceptors (Lipinski definition) is 3. The lowest BCUT2D eigenvalue weighted by Crippen LogP contribution is -2.24. The molecule has 5 heteroatoms. The van der Waals surface area contributed by atoms with E-state index in [-0.39, 0.29) is 16.0 Å². The lowest BCUT2D eigenvalue weighted by molar-refractivity contribution is -0.384. The predicted octanol–water partition coefficient (Wildman–Crippen LogP) is 4.09. The number of halogens is 1. The van der Waals surface area contributed by atoms with Crippen molar-refractivity contribution in [2.75, 3.05) is 0 Å². The van der Waals surface area contributed by atoms with Crippen LogP contribution in [0.1, 0.15) is 19.3 Å². The van der Waals surface area contributed by atoms with Gasteiger partial charge >= 0.3 is 0 Å². The van der Waals surface area contributed by atoms with Crippen LogP contribution >= 0.6 is 23.4 Å². The van der Waals surface area contributed by atoms with Gasteiger partial charge in [-0.25, -0.2) is 0 Å². The summed E-state index contributed by atoms with van der Waals surface area (Å²) in [6.07, 6.45) is 3.83. The van der Waals surface area contributed by atoms with Crippen LogP contribution in [0.25, 0.3) is 0 Å². The van der Waals surface area contributed by atoms with Crippen molar-refractivity contribution in [2.45, 2.75) is 34.8 Å². The monoisotopic (exact) mass is 283 g/mol. The summed E-state index contributed by atoms with van der Waals surface area (Å²) >= 11 is 8.27. The van der Waals surface area contributed by atoms with E-state index in [1.165, 1.54) is 19.3 Å². The van der Waals surface area contributed by atoms with Crippen LogP contribution in [0.3, 0.4) is 0 Å². The van der Waals surface area contributed by atoms with E-state index in [9.17, 15) is 10.1 Å². The first-order valence-corrected chi connectivity index (χ1v) is 7.52. The van der Waals surface area contributed by atoms with E-state index in [1.54, 1.807) is 23.9 Å². The molecule has 3 nitrogen and oxygen atoms in total. The zero-order valence-electron chi connectivity index (χ0n) is 9.79. The van der Waals surface area contributed by atoms with Crippen molar-refractivity contribution >= 4 is 29.1 Å². The fourth-order valence-corrected chi connectivity index (χ4v) is 5.12. The first-order chi connectivity index (χ1) is 8.65. The Morgan fingerprint density at radius 2 is 1.89 bits per heavy atom. The van der Waals surface area contributed by atoms with E-state index in [0.29, 0.717) is 11.2 Å². The maximum Gasteiger partial charge on any atom is 0.269 e. The molecule has 0 saturated heterocycles. The molecule has 1 aromatic rings. The van der Waals surface area contributed by atoms with Gasteiger partial charge in [0.2, 0.25) is 0 Å². The Bertz CT molecular complexity index is 463. The molecule has 2 aliphatic rings. The van der Waals surface area contributed by atoms with Gasteiger partial charge in [0.15, 0.2) is 0 Å². The van der Waals surface area contributed by atoms with E-state index in [1.807, 2.05) is 12.1 Å². The highest BCUT2D eigenvalue weighted by atomic mass is 35.5. The third-order valence-electron chi connectivity index (χ3n) is 4.06. The quantitative estimate of drug-likeness (QED) is 0.477. The van der Waals surface area contributed by atoms with Gasteiger partial charge in [0.05, 0.1) is 4.92 Å². The number of fused-ring (bicyclic) bond motifs is 2. The van der Waals surface area contributed by atoms with Gasteiger partial charge in [-0.15, -0.1) is 23.4 Å². The maximum atomic E-state index is 10.6. The SMILES string of the molecule is O=[N+]([O-])c1ccc(S[C@@H]2[C@@H]3CC[C@@H](C3)[C@H]2Cl)cc1. The Balaban J connectivity index is 1.71. The molecule has 18 heavy (non-hydrogen) atoms. The second-order valence-corrected chi connectivity index (χ2v) is 6.87. The van der Waals surface area contributed by atoms with E-state index >= 15 is 0 Å². The number of non-ortho nitro benzene ring substituents is 1. The fourth-order valence-electron chi connectivity index (χ4n) is 3.13. The molecule has 2 saturated carbocycles. The fraction of sp³-hybridized carbons (Fsp3) is 0.538. The van der Waals surface area contributed by atoms with Gasteiger partial charge in [-0.2, -0.15) is 0 Å². The number of alkyl halides is 1. The summed E-state index contributed by atoms with van der Waals surface area (Å²) in [5.41, 5.74) is 0.148. The summed E-state index contributed by atoms with van der Waals surface area (Å²) in [5.74, 6) is 1.42. The topological polar surface area (TPSA) is 43.1 Å². The predicted molar refractivity (Wildman–Crippen MR) is 73.2 cm³/mol. The van der Waals surface area contributed by atoms with Crippen molar-refractivity contribution in [1.82, 2.24) is 0 Å². The second kappa shape index (κ2) is 4.74. The molecular formula is C13H14ClNO2S. The van der Waals surface area contributed by atoms with Crippen molar-refractivity contribution in [3.05, 3.63) is 34.4 Å². The van der Waals surface area contributed by atoms with Crippen LogP contribution in [0.4, 0.5) is 5.69 Å². The van der Waals surface area contributed by atoms with Crippen LogP contribution < -0.4 is 0 Å². The highest BCUT2D eigenvalue weighted by Gasteiger charge is 2.47. The van der Waals surface area contributed by atoms with E-state index < -0.39 is 0 Å². The Kier molecular flexibility index (Phi) is 3.24. The highest BCUT2D eigenvalue weighted by molar-refractivity contribution is 8.00. The Morgan fingerprint density at radius 3 is 2.44 bits per heavy atom. The summed E-state index contributed by atoms with van der Waals surface area (Å²) in [6, 6.07) is 6.80. The van der Waals surface area contributed by atoms with Crippen LogP contribution in [0.5, 0.6) is 0 Å². The Hall–Kier alpha value is -0.740. The highest BCUT2D eigenvalue weighted by Crippen LogP contribution is 2.53. The largest absolute Gasteiger partial charge is 0.269 e. The molecule has 2 aliphatic carbocycles. The normalized spacial score (nSPS) is 33.8. The van der Waals surface area contributed by atoms with Crippen LogP contribution in [-0.4, -0.2) is 15.6 Å². The summed E-state index contributed by atoms with van der Waals surface area (Å²) < 4.78 is 0. The van der Waals surface area contributed by atoms with Crippen LogP contribution in [-0.2, 0) is 0 Å². The molecule has 1 aromatic carbocycles. The van der Waals surface area contributed by atoms with Crippen molar-refractivity contribution in [3.63, 3.8) is 0 Å². The van der Waals surface area contributed by atoms with Gasteiger partial charge in [-0.3, -0.25) is 10.1 Å². The summed E-state index contributed by atoms with van der Waals surface area (Å²) in [4.78, 5) is 11.3. The minimum atomic E-state index is -0.365. The van der Waals surface area contributed by atoms with Crippen molar-refractivity contribution in [1.29, 1.82) is 0 Å². The molecule has 2 fully saturated rings. The zero-order chi connectivity index (χ0) is 12.7. The van der Waals surface area contributed by atoms with Gasteiger partial charge in [0.1, 0.15) is 0 Å². The molecule has 96 valence electrons. The molecule has 0 amide bonds. The molecular weight excluding hydrogens is 270 g/mol. The number of rotatable bonds is 3. The average Bonchev–Trinajstić information content (AvgIpc) is 2.94. The zero-order valence-corrected chi connectivity index (χ0v) is 11.4. The number of benzene rings is 1. The molecule has 0 heterocycles. The number of thioether (sulfide) groups is 1. The lowest BCUT2D eigenvalue weighted by atomic mass is 10.00. The summed E-state index contributed by atoms with van der Waals surface area (Å²) in [5, 5.41) is 11.3. The van der Waals surface area contributed by atoms with Crippen LogP contribution in [0.2, 0.25) is 0 Å². The van der Waals surface area contributed by atoms with E-state index in [4.69, 9.17) is 11.6 Å². The van der Waals surface area contributed by atoms with Crippen LogP contribution in [0.15, 0.2) is 29.2 Å². The third-order valence-corrected chi connectivity index (χ3v) is 6.33. The third kappa shape index (κ3) is 2.12. The van der Waals surface area contributed by atoms with Crippen molar-refractivity contribution in [2.24, 2.45) is 11.8 Å². The van der Waals surface area contributed by atoms with Crippen LogP contribution in [0, 0.1) is 22.0 Å². The molecule has 0 spiro atoms. The lowest BCUT2D eigenvalue weighted by Gasteiger charge is -2.25. The first kappa shape index (κ1) is 12.3.